The van der Waals surface area contributed by atoms with Gasteiger partial charge in [0.2, 0.25) is 0 Å². The lowest BCUT2D eigenvalue weighted by Gasteiger charge is -2.27. The van der Waals surface area contributed by atoms with Crippen molar-refractivity contribution in [2.24, 2.45) is 7.05 Å². The lowest BCUT2D eigenvalue weighted by Crippen LogP contribution is -2.35. The van der Waals surface area contributed by atoms with Crippen LogP contribution in [-0.4, -0.2) is 39.3 Å². The Morgan fingerprint density at radius 3 is 3.00 bits per heavy atom. The van der Waals surface area contributed by atoms with Gasteiger partial charge in [-0.3, -0.25) is 9.69 Å². The summed E-state index contributed by atoms with van der Waals surface area (Å²) in [4.78, 5) is 22.1. The molecule has 0 saturated heterocycles. The second kappa shape index (κ2) is 6.81. The summed E-state index contributed by atoms with van der Waals surface area (Å²) in [5, 5.41) is 1.89. The van der Waals surface area contributed by atoms with E-state index >= 15 is 0 Å². The highest BCUT2D eigenvalue weighted by molar-refractivity contribution is 7.98. The molecule has 4 rings (SSSR count). The normalized spacial score (nSPS) is 14.6. The fraction of sp³-hybridized carbons (Fsp3) is 0.368. The number of thioether (sulfide) groups is 1. The first-order valence-corrected chi connectivity index (χ1v) is 9.82. The average molecular weight is 370 g/mol. The Morgan fingerprint density at radius 1 is 1.38 bits per heavy atom. The monoisotopic (exact) mass is 370 g/mol. The number of methoxy groups -OCH3 is 1. The van der Waals surface area contributed by atoms with Crippen LogP contribution in [0.15, 0.2) is 34.3 Å². The standard InChI is InChI=1S/C19H22N4O2S/c1-22-9-12(14-8-13(25-2)4-5-17(14)22)10-23-7-6-16-15(11-23)18(24)21-19(20-16)26-3/h4-5,8-9H,6-7,10-11H2,1-3H3,(H,20,21,24). The summed E-state index contributed by atoms with van der Waals surface area (Å²) in [7, 11) is 3.75. The highest BCUT2D eigenvalue weighted by atomic mass is 32.2. The Kier molecular flexibility index (Phi) is 4.50. The summed E-state index contributed by atoms with van der Waals surface area (Å²) in [6.45, 7) is 2.33. The molecule has 0 fully saturated rings. The second-order valence-corrected chi connectivity index (χ2v) is 7.40. The first-order valence-electron chi connectivity index (χ1n) is 8.59. The van der Waals surface area contributed by atoms with E-state index in [-0.39, 0.29) is 5.56 Å². The van der Waals surface area contributed by atoms with Crippen molar-refractivity contribution in [1.29, 1.82) is 0 Å². The minimum Gasteiger partial charge on any atom is -0.497 e. The molecule has 0 radical (unpaired) electrons. The van der Waals surface area contributed by atoms with Crippen LogP contribution in [0.25, 0.3) is 10.9 Å². The molecular weight excluding hydrogens is 348 g/mol. The SMILES string of the molecule is COc1ccc2c(c1)c(CN1CCc3nc(SC)[nH]c(=O)c3C1)cn2C. The van der Waals surface area contributed by atoms with E-state index < -0.39 is 0 Å². The van der Waals surface area contributed by atoms with Gasteiger partial charge in [0.25, 0.3) is 5.56 Å². The third-order valence-electron chi connectivity index (χ3n) is 4.99. The molecule has 0 spiro atoms. The third kappa shape index (κ3) is 3.01. The van der Waals surface area contributed by atoms with Gasteiger partial charge in [0.15, 0.2) is 5.16 Å². The molecule has 1 N–H and O–H groups in total. The molecular formula is C19H22N4O2S. The fourth-order valence-corrected chi connectivity index (χ4v) is 4.03. The molecule has 6 nitrogen and oxygen atoms in total. The van der Waals surface area contributed by atoms with E-state index in [9.17, 15) is 4.79 Å². The molecule has 1 aliphatic rings. The van der Waals surface area contributed by atoms with Gasteiger partial charge in [0.05, 0.1) is 18.4 Å². The quantitative estimate of drug-likeness (QED) is 0.565. The zero-order chi connectivity index (χ0) is 18.3. The van der Waals surface area contributed by atoms with Crippen molar-refractivity contribution in [3.05, 3.63) is 51.6 Å². The van der Waals surface area contributed by atoms with E-state index in [1.165, 1.54) is 28.2 Å². The molecule has 1 aromatic carbocycles. The maximum atomic E-state index is 12.4. The zero-order valence-electron chi connectivity index (χ0n) is 15.2. The molecule has 0 saturated carbocycles. The molecule has 2 aromatic heterocycles. The van der Waals surface area contributed by atoms with Crippen LogP contribution in [0.4, 0.5) is 0 Å². The largest absolute Gasteiger partial charge is 0.497 e. The molecule has 0 unspecified atom stereocenters. The average Bonchev–Trinajstić information content (AvgIpc) is 2.97. The molecule has 26 heavy (non-hydrogen) atoms. The molecule has 3 heterocycles. The van der Waals surface area contributed by atoms with Gasteiger partial charge in [-0.2, -0.15) is 0 Å². The number of hydrogen-bond donors (Lipinski definition) is 1. The lowest BCUT2D eigenvalue weighted by molar-refractivity contribution is 0.241. The first kappa shape index (κ1) is 17.2. The van der Waals surface area contributed by atoms with E-state index in [0.717, 1.165) is 36.5 Å². The number of ether oxygens (including phenoxy) is 1. The minimum absolute atomic E-state index is 0.0105. The Morgan fingerprint density at radius 2 is 2.23 bits per heavy atom. The highest BCUT2D eigenvalue weighted by Gasteiger charge is 2.22. The number of H-pyrrole nitrogens is 1. The number of aromatic amines is 1. The van der Waals surface area contributed by atoms with Gasteiger partial charge in [-0.15, -0.1) is 0 Å². The van der Waals surface area contributed by atoms with Crippen molar-refractivity contribution >= 4 is 22.7 Å². The minimum atomic E-state index is -0.0105. The summed E-state index contributed by atoms with van der Waals surface area (Å²) in [5.41, 5.74) is 4.15. The van der Waals surface area contributed by atoms with Gasteiger partial charge in [-0.05, 0) is 30.0 Å². The highest BCUT2D eigenvalue weighted by Crippen LogP contribution is 2.27. The molecule has 1 aliphatic heterocycles. The number of hydrogen-bond acceptors (Lipinski definition) is 5. The van der Waals surface area contributed by atoms with Gasteiger partial charge in [0, 0.05) is 50.2 Å². The Bertz CT molecular complexity index is 1020. The van der Waals surface area contributed by atoms with Gasteiger partial charge < -0.3 is 14.3 Å². The van der Waals surface area contributed by atoms with Gasteiger partial charge >= 0.3 is 0 Å². The van der Waals surface area contributed by atoms with Crippen molar-refractivity contribution < 1.29 is 4.74 Å². The van der Waals surface area contributed by atoms with E-state index in [1.54, 1.807) is 7.11 Å². The van der Waals surface area contributed by atoms with Crippen molar-refractivity contribution in [2.75, 3.05) is 19.9 Å². The van der Waals surface area contributed by atoms with Crippen molar-refractivity contribution in [3.8, 4) is 5.75 Å². The maximum Gasteiger partial charge on any atom is 0.256 e. The van der Waals surface area contributed by atoms with Crippen LogP contribution < -0.4 is 10.3 Å². The predicted octanol–water partition coefficient (Wildman–Crippen LogP) is 2.55. The number of benzene rings is 1. The summed E-state index contributed by atoms with van der Waals surface area (Å²) in [6, 6.07) is 6.15. The summed E-state index contributed by atoms with van der Waals surface area (Å²) in [5.74, 6) is 0.860. The van der Waals surface area contributed by atoms with E-state index in [2.05, 4.69) is 44.8 Å². The van der Waals surface area contributed by atoms with Crippen LogP contribution >= 0.6 is 11.8 Å². The second-order valence-electron chi connectivity index (χ2n) is 6.61. The molecule has 0 atom stereocenters. The van der Waals surface area contributed by atoms with Crippen molar-refractivity contribution in [2.45, 2.75) is 24.7 Å². The van der Waals surface area contributed by atoms with Crippen LogP contribution in [0.1, 0.15) is 16.8 Å². The number of nitrogens with one attached hydrogen (secondary N) is 1. The fourth-order valence-electron chi connectivity index (χ4n) is 3.64. The predicted molar refractivity (Wildman–Crippen MR) is 104 cm³/mol. The van der Waals surface area contributed by atoms with Gasteiger partial charge in [0.1, 0.15) is 5.75 Å². The molecule has 3 aromatic rings. The molecule has 0 aliphatic carbocycles. The Hall–Kier alpha value is -2.25. The van der Waals surface area contributed by atoms with Gasteiger partial charge in [-0.1, -0.05) is 11.8 Å². The van der Waals surface area contributed by atoms with Crippen molar-refractivity contribution in [3.63, 3.8) is 0 Å². The maximum absolute atomic E-state index is 12.4. The molecule has 136 valence electrons. The number of nitrogens with zero attached hydrogens (tertiary/aromatic N) is 3. The van der Waals surface area contributed by atoms with Crippen LogP contribution in [0.5, 0.6) is 5.75 Å². The molecule has 0 bridgehead atoms. The number of fused-ring (bicyclic) bond motifs is 2. The number of rotatable bonds is 4. The van der Waals surface area contributed by atoms with Crippen LogP contribution in [-0.2, 0) is 26.6 Å². The first-order chi connectivity index (χ1) is 12.6. The number of aromatic nitrogens is 3. The Balaban J connectivity index is 1.63. The van der Waals surface area contributed by atoms with E-state index in [4.69, 9.17) is 4.74 Å². The van der Waals surface area contributed by atoms with Crippen LogP contribution in [0.3, 0.4) is 0 Å². The summed E-state index contributed by atoms with van der Waals surface area (Å²) in [6.07, 6.45) is 4.90. The lowest BCUT2D eigenvalue weighted by atomic mass is 10.1. The summed E-state index contributed by atoms with van der Waals surface area (Å²) >= 11 is 1.47. The van der Waals surface area contributed by atoms with Gasteiger partial charge in [-0.25, -0.2) is 4.98 Å². The van der Waals surface area contributed by atoms with E-state index in [1.807, 2.05) is 12.3 Å². The van der Waals surface area contributed by atoms with Crippen LogP contribution in [0, 0.1) is 0 Å². The Labute approximate surface area is 156 Å². The summed E-state index contributed by atoms with van der Waals surface area (Å²) < 4.78 is 7.52. The molecule has 0 amide bonds. The number of aryl methyl sites for hydroxylation is 1. The third-order valence-corrected chi connectivity index (χ3v) is 5.57. The van der Waals surface area contributed by atoms with E-state index in [0.29, 0.717) is 11.7 Å². The smallest absolute Gasteiger partial charge is 0.256 e. The zero-order valence-corrected chi connectivity index (χ0v) is 16.0. The van der Waals surface area contributed by atoms with Crippen molar-refractivity contribution in [1.82, 2.24) is 19.4 Å². The van der Waals surface area contributed by atoms with Crippen LogP contribution in [0.2, 0.25) is 0 Å². The topological polar surface area (TPSA) is 63.1 Å². The molecule has 7 heteroatoms.